The van der Waals surface area contributed by atoms with Gasteiger partial charge in [-0.3, -0.25) is 0 Å². The molecule has 1 rings (SSSR count). The fraction of sp³-hybridized carbons (Fsp3) is 0.300. The van der Waals surface area contributed by atoms with Gasteiger partial charge in [-0.2, -0.15) is 0 Å². The van der Waals surface area contributed by atoms with Crippen LogP contribution in [0.25, 0.3) is 0 Å². The zero-order valence-electron chi connectivity index (χ0n) is 8.20. The van der Waals surface area contributed by atoms with Crippen LogP contribution in [-0.2, 0) is 6.42 Å². The Morgan fingerprint density at radius 2 is 2.21 bits per heavy atom. The van der Waals surface area contributed by atoms with Crippen molar-refractivity contribution in [3.8, 4) is 5.75 Å². The lowest BCUT2D eigenvalue weighted by atomic mass is 10.0. The molecule has 0 spiro atoms. The molecular weight excluding hydrogens is 182 g/mol. The Morgan fingerprint density at radius 1 is 1.57 bits per heavy atom. The number of carbonyl (C=O) groups is 1. The Labute approximate surface area is 82.3 Å². The average Bonchev–Trinajstić information content (AvgIpc) is 2.16. The van der Waals surface area contributed by atoms with Crippen molar-refractivity contribution in [2.24, 2.45) is 0 Å². The van der Waals surface area contributed by atoms with Gasteiger partial charge < -0.3 is 15.6 Å². The molecule has 0 aliphatic heterocycles. The van der Waals surface area contributed by atoms with Gasteiger partial charge in [-0.15, -0.1) is 0 Å². The van der Waals surface area contributed by atoms with Crippen LogP contribution in [0.2, 0.25) is 0 Å². The van der Waals surface area contributed by atoms with E-state index in [0.29, 0.717) is 23.4 Å². The largest absolute Gasteiger partial charge is 0.494 e. The molecule has 0 aliphatic carbocycles. The van der Waals surface area contributed by atoms with Crippen molar-refractivity contribution in [3.63, 3.8) is 0 Å². The third-order valence-corrected chi connectivity index (χ3v) is 2.08. The SMILES string of the molecule is CCc1c(C(=O)O)ccc(N)c1OC. The first-order valence-electron chi connectivity index (χ1n) is 4.30. The molecule has 0 bridgehead atoms. The van der Waals surface area contributed by atoms with Crippen molar-refractivity contribution in [1.29, 1.82) is 0 Å². The molecule has 4 heteroatoms. The fourth-order valence-electron chi connectivity index (χ4n) is 1.44. The number of methoxy groups -OCH3 is 1. The molecule has 0 atom stereocenters. The molecule has 1 aromatic rings. The van der Waals surface area contributed by atoms with Crippen molar-refractivity contribution in [1.82, 2.24) is 0 Å². The lowest BCUT2D eigenvalue weighted by Crippen LogP contribution is -2.06. The smallest absolute Gasteiger partial charge is 0.336 e. The second-order valence-electron chi connectivity index (χ2n) is 2.87. The fourth-order valence-corrected chi connectivity index (χ4v) is 1.44. The normalized spacial score (nSPS) is 9.86. The van der Waals surface area contributed by atoms with Gasteiger partial charge in [-0.25, -0.2) is 4.79 Å². The first kappa shape index (κ1) is 10.4. The van der Waals surface area contributed by atoms with E-state index in [1.807, 2.05) is 6.92 Å². The van der Waals surface area contributed by atoms with Crippen LogP contribution in [0.4, 0.5) is 5.69 Å². The molecule has 0 saturated carbocycles. The maximum Gasteiger partial charge on any atom is 0.336 e. The molecule has 4 nitrogen and oxygen atoms in total. The molecule has 0 amide bonds. The molecule has 0 saturated heterocycles. The van der Waals surface area contributed by atoms with Gasteiger partial charge in [0.15, 0.2) is 0 Å². The highest BCUT2D eigenvalue weighted by Crippen LogP contribution is 2.29. The summed E-state index contributed by atoms with van der Waals surface area (Å²) in [6, 6.07) is 3.04. The van der Waals surface area contributed by atoms with Crippen molar-refractivity contribution >= 4 is 11.7 Å². The maximum atomic E-state index is 10.9. The third kappa shape index (κ3) is 1.64. The lowest BCUT2D eigenvalue weighted by molar-refractivity contribution is 0.0695. The number of aromatic carboxylic acids is 1. The number of benzene rings is 1. The summed E-state index contributed by atoms with van der Waals surface area (Å²) in [6.07, 6.45) is 0.579. The summed E-state index contributed by atoms with van der Waals surface area (Å²) < 4.78 is 5.07. The average molecular weight is 195 g/mol. The zero-order chi connectivity index (χ0) is 10.7. The molecule has 0 heterocycles. The van der Waals surface area contributed by atoms with Gasteiger partial charge in [0.1, 0.15) is 5.75 Å². The Hall–Kier alpha value is -1.71. The Kier molecular flexibility index (Phi) is 2.96. The molecular formula is C10H13NO3. The van der Waals surface area contributed by atoms with Crippen LogP contribution in [0, 0.1) is 0 Å². The number of hydrogen-bond acceptors (Lipinski definition) is 3. The molecule has 0 aromatic heterocycles. The highest BCUT2D eigenvalue weighted by atomic mass is 16.5. The molecule has 76 valence electrons. The van der Waals surface area contributed by atoms with E-state index in [1.165, 1.54) is 13.2 Å². The minimum absolute atomic E-state index is 0.249. The van der Waals surface area contributed by atoms with E-state index >= 15 is 0 Å². The van der Waals surface area contributed by atoms with Gasteiger partial charge in [0.05, 0.1) is 18.4 Å². The number of nitrogen functional groups attached to an aromatic ring is 1. The number of rotatable bonds is 3. The number of carboxylic acids is 1. The van der Waals surface area contributed by atoms with Crippen molar-refractivity contribution in [3.05, 3.63) is 23.3 Å². The van der Waals surface area contributed by atoms with Crippen molar-refractivity contribution in [2.45, 2.75) is 13.3 Å². The van der Waals surface area contributed by atoms with Gasteiger partial charge >= 0.3 is 5.97 Å². The summed E-state index contributed by atoms with van der Waals surface area (Å²) >= 11 is 0. The molecule has 1 aromatic carbocycles. The minimum atomic E-state index is -0.958. The number of nitrogens with two attached hydrogens (primary N) is 1. The van der Waals surface area contributed by atoms with Crippen LogP contribution in [0.15, 0.2) is 12.1 Å². The Balaban J connectivity index is 3.40. The van der Waals surface area contributed by atoms with Crippen molar-refractivity contribution < 1.29 is 14.6 Å². The highest BCUT2D eigenvalue weighted by molar-refractivity contribution is 5.91. The molecule has 0 radical (unpaired) electrons. The van der Waals surface area contributed by atoms with E-state index in [0.717, 1.165) is 0 Å². The second-order valence-corrected chi connectivity index (χ2v) is 2.87. The quantitative estimate of drug-likeness (QED) is 0.717. The topological polar surface area (TPSA) is 72.5 Å². The van der Waals surface area contributed by atoms with Crippen LogP contribution in [-0.4, -0.2) is 18.2 Å². The van der Waals surface area contributed by atoms with Gasteiger partial charge in [0, 0.05) is 5.56 Å². The number of carboxylic acid groups (broad SMARTS) is 1. The van der Waals surface area contributed by atoms with Crippen LogP contribution in [0.5, 0.6) is 5.75 Å². The summed E-state index contributed by atoms with van der Waals surface area (Å²) in [5.41, 5.74) is 7.01. The van der Waals surface area contributed by atoms with E-state index in [-0.39, 0.29) is 5.56 Å². The minimum Gasteiger partial charge on any atom is -0.494 e. The highest BCUT2D eigenvalue weighted by Gasteiger charge is 2.15. The summed E-state index contributed by atoms with van der Waals surface area (Å²) in [7, 11) is 1.48. The van der Waals surface area contributed by atoms with Crippen LogP contribution < -0.4 is 10.5 Å². The summed E-state index contributed by atoms with van der Waals surface area (Å²) in [6.45, 7) is 1.86. The summed E-state index contributed by atoms with van der Waals surface area (Å²) in [5.74, 6) is -0.493. The predicted octanol–water partition coefficient (Wildman–Crippen LogP) is 1.54. The van der Waals surface area contributed by atoms with Gasteiger partial charge in [0.25, 0.3) is 0 Å². The van der Waals surface area contributed by atoms with Crippen LogP contribution in [0.3, 0.4) is 0 Å². The van der Waals surface area contributed by atoms with Crippen LogP contribution in [0.1, 0.15) is 22.8 Å². The molecule has 0 unspecified atom stereocenters. The summed E-state index contributed by atoms with van der Waals surface area (Å²) in [4.78, 5) is 10.9. The Morgan fingerprint density at radius 3 is 2.64 bits per heavy atom. The number of ether oxygens (including phenoxy) is 1. The standard InChI is InChI=1S/C10H13NO3/c1-3-6-7(10(12)13)4-5-8(11)9(6)14-2/h4-5H,3,11H2,1-2H3,(H,12,13). The van der Waals surface area contributed by atoms with E-state index in [2.05, 4.69) is 0 Å². The predicted molar refractivity (Wildman–Crippen MR) is 53.7 cm³/mol. The summed E-state index contributed by atoms with van der Waals surface area (Å²) in [5, 5.41) is 8.91. The second kappa shape index (κ2) is 4.00. The molecule has 0 fully saturated rings. The van der Waals surface area contributed by atoms with Crippen molar-refractivity contribution in [2.75, 3.05) is 12.8 Å². The van der Waals surface area contributed by atoms with E-state index in [9.17, 15) is 4.79 Å². The van der Waals surface area contributed by atoms with Gasteiger partial charge in [0.2, 0.25) is 0 Å². The van der Waals surface area contributed by atoms with E-state index in [4.69, 9.17) is 15.6 Å². The zero-order valence-corrected chi connectivity index (χ0v) is 8.20. The van der Waals surface area contributed by atoms with E-state index < -0.39 is 5.97 Å². The monoisotopic (exact) mass is 195 g/mol. The van der Waals surface area contributed by atoms with Crippen LogP contribution >= 0.6 is 0 Å². The molecule has 0 aliphatic rings. The maximum absolute atomic E-state index is 10.9. The number of hydrogen-bond donors (Lipinski definition) is 2. The first-order valence-corrected chi connectivity index (χ1v) is 4.30. The number of anilines is 1. The lowest BCUT2D eigenvalue weighted by Gasteiger charge is -2.11. The molecule has 3 N–H and O–H groups in total. The van der Waals surface area contributed by atoms with E-state index in [1.54, 1.807) is 6.07 Å². The third-order valence-electron chi connectivity index (χ3n) is 2.08. The van der Waals surface area contributed by atoms with Gasteiger partial charge in [-0.05, 0) is 18.6 Å². The Bertz CT molecular complexity index is 361. The molecule has 14 heavy (non-hydrogen) atoms. The van der Waals surface area contributed by atoms with Gasteiger partial charge in [-0.1, -0.05) is 6.92 Å². The first-order chi connectivity index (χ1) is 6.61.